The number of rotatable bonds is 8. The van der Waals surface area contributed by atoms with Crippen LogP contribution in [0, 0.1) is 12.7 Å². The topological polar surface area (TPSA) is 70.1 Å². The summed E-state index contributed by atoms with van der Waals surface area (Å²) >= 11 is 0. The normalized spacial score (nSPS) is 17.9. The second kappa shape index (κ2) is 9.96. The second-order valence-corrected chi connectivity index (χ2v) is 8.18. The summed E-state index contributed by atoms with van der Waals surface area (Å²) in [6.07, 6.45) is 0.870. The molecule has 1 amide bonds. The Kier molecular flexibility index (Phi) is 7.30. The number of Topliss-reactive ketones (excluding diaryl/α,β-unsaturated/α-hetero) is 1. The molecule has 0 spiro atoms. The zero-order valence-corrected chi connectivity index (χ0v) is 18.9. The minimum atomic E-state index is -0.799. The summed E-state index contributed by atoms with van der Waals surface area (Å²) in [6.45, 7) is 5.27. The van der Waals surface area contributed by atoms with Crippen LogP contribution in [-0.2, 0) is 9.59 Å². The summed E-state index contributed by atoms with van der Waals surface area (Å²) < 4.78 is 19.2. The molecular formula is C25H29FN2O4. The number of carbonyl (C=O) groups excluding carboxylic acids is 2. The van der Waals surface area contributed by atoms with Crippen LogP contribution < -0.4 is 4.74 Å². The number of carbonyl (C=O) groups is 2. The molecule has 1 aliphatic heterocycles. The minimum absolute atomic E-state index is 0.00184. The lowest BCUT2D eigenvalue weighted by atomic mass is 9.94. The number of ketones is 1. The van der Waals surface area contributed by atoms with Crippen LogP contribution in [0.4, 0.5) is 4.39 Å². The van der Waals surface area contributed by atoms with E-state index >= 15 is 0 Å². The molecule has 1 unspecified atom stereocenters. The largest absolute Gasteiger partial charge is 0.507 e. The van der Waals surface area contributed by atoms with Gasteiger partial charge < -0.3 is 19.6 Å². The van der Waals surface area contributed by atoms with E-state index in [1.54, 1.807) is 18.2 Å². The predicted octanol–water partition coefficient (Wildman–Crippen LogP) is 3.91. The molecule has 6 nitrogen and oxygen atoms in total. The van der Waals surface area contributed by atoms with Gasteiger partial charge in [0.25, 0.3) is 11.7 Å². The first-order valence-electron chi connectivity index (χ1n) is 10.7. The molecule has 0 aliphatic carbocycles. The Labute approximate surface area is 187 Å². The molecule has 1 heterocycles. The van der Waals surface area contributed by atoms with E-state index in [2.05, 4.69) is 0 Å². The highest BCUT2D eigenvalue weighted by Crippen LogP contribution is 2.39. The molecule has 1 aliphatic rings. The molecule has 7 heteroatoms. The van der Waals surface area contributed by atoms with Crippen LogP contribution in [0.15, 0.2) is 48.0 Å². The van der Waals surface area contributed by atoms with Crippen molar-refractivity contribution in [3.05, 3.63) is 70.5 Å². The van der Waals surface area contributed by atoms with Crippen LogP contribution in [0.5, 0.6) is 5.75 Å². The highest BCUT2D eigenvalue weighted by atomic mass is 19.1. The fourth-order valence-corrected chi connectivity index (χ4v) is 3.74. The highest BCUT2D eigenvalue weighted by molar-refractivity contribution is 6.46. The number of aliphatic hydroxyl groups is 1. The third-order valence-corrected chi connectivity index (χ3v) is 5.42. The Morgan fingerprint density at radius 2 is 1.84 bits per heavy atom. The van der Waals surface area contributed by atoms with E-state index in [1.807, 2.05) is 32.8 Å². The summed E-state index contributed by atoms with van der Waals surface area (Å²) in [5.74, 6) is -1.40. The number of likely N-dealkylation sites (N-methyl/N-ethyl adjacent to an activating group) is 1. The van der Waals surface area contributed by atoms with E-state index in [-0.39, 0.29) is 11.3 Å². The number of likely N-dealkylation sites (tertiary alicyclic amines) is 1. The minimum Gasteiger partial charge on any atom is -0.507 e. The zero-order valence-electron chi connectivity index (χ0n) is 18.9. The van der Waals surface area contributed by atoms with E-state index < -0.39 is 23.5 Å². The monoisotopic (exact) mass is 440 g/mol. The number of ether oxygens (including phenoxy) is 1. The van der Waals surface area contributed by atoms with Gasteiger partial charge in [0.15, 0.2) is 0 Å². The Balaban J connectivity index is 2.09. The van der Waals surface area contributed by atoms with Gasteiger partial charge in [0.2, 0.25) is 0 Å². The van der Waals surface area contributed by atoms with E-state index in [0.717, 1.165) is 12.0 Å². The lowest BCUT2D eigenvalue weighted by molar-refractivity contribution is -0.140. The van der Waals surface area contributed by atoms with Gasteiger partial charge in [-0.05, 0) is 68.9 Å². The quantitative estimate of drug-likeness (QED) is 0.383. The van der Waals surface area contributed by atoms with Crippen LogP contribution in [-0.4, -0.2) is 60.4 Å². The lowest BCUT2D eigenvalue weighted by Gasteiger charge is -2.26. The molecule has 170 valence electrons. The number of aryl methyl sites for hydroxylation is 1. The summed E-state index contributed by atoms with van der Waals surface area (Å²) in [4.78, 5) is 29.2. The maximum atomic E-state index is 13.5. The van der Waals surface area contributed by atoms with Gasteiger partial charge in [-0.15, -0.1) is 0 Å². The standard InChI is InChI=1S/C25H29FN2O4/c1-5-14-32-20-11-8-18(15-16(20)2)23(29)21-22(17-6-9-19(26)10-7-17)28(13-12-27(3)4)25(31)24(21)30/h6-11,15,22,29H,5,12-14H2,1-4H3. The maximum absolute atomic E-state index is 13.5. The van der Waals surface area contributed by atoms with Crippen LogP contribution in [0.1, 0.15) is 36.1 Å². The number of hydrogen-bond donors (Lipinski definition) is 1. The average molecular weight is 441 g/mol. The van der Waals surface area contributed by atoms with Crippen molar-refractivity contribution < 1.29 is 23.8 Å². The molecule has 0 radical (unpaired) electrons. The van der Waals surface area contributed by atoms with Crippen molar-refractivity contribution in [1.29, 1.82) is 0 Å². The van der Waals surface area contributed by atoms with E-state index in [9.17, 15) is 19.1 Å². The van der Waals surface area contributed by atoms with Crippen molar-refractivity contribution in [3.8, 4) is 5.75 Å². The zero-order chi connectivity index (χ0) is 23.4. The third-order valence-electron chi connectivity index (χ3n) is 5.42. The van der Waals surface area contributed by atoms with Gasteiger partial charge in [0.05, 0.1) is 18.2 Å². The van der Waals surface area contributed by atoms with Crippen molar-refractivity contribution in [2.45, 2.75) is 26.3 Å². The first-order valence-corrected chi connectivity index (χ1v) is 10.7. The van der Waals surface area contributed by atoms with Crippen LogP contribution in [0.3, 0.4) is 0 Å². The van der Waals surface area contributed by atoms with E-state index in [0.29, 0.717) is 36.6 Å². The average Bonchev–Trinajstić information content (AvgIpc) is 3.01. The predicted molar refractivity (Wildman–Crippen MR) is 121 cm³/mol. The van der Waals surface area contributed by atoms with E-state index in [1.165, 1.54) is 29.2 Å². The van der Waals surface area contributed by atoms with Crippen LogP contribution in [0.25, 0.3) is 5.76 Å². The summed E-state index contributed by atoms with van der Waals surface area (Å²) in [5.41, 5.74) is 1.79. The number of aliphatic hydroxyl groups excluding tert-OH is 1. The van der Waals surface area contributed by atoms with Crippen molar-refractivity contribution in [2.75, 3.05) is 33.8 Å². The smallest absolute Gasteiger partial charge is 0.295 e. The number of halogens is 1. The lowest BCUT2D eigenvalue weighted by Crippen LogP contribution is -2.35. The Hall–Kier alpha value is -3.19. The SMILES string of the molecule is CCCOc1ccc(C(O)=C2C(=O)C(=O)N(CCN(C)C)C2c2ccc(F)cc2)cc1C. The molecule has 0 bridgehead atoms. The fourth-order valence-electron chi connectivity index (χ4n) is 3.74. The number of amides is 1. The van der Waals surface area contributed by atoms with Crippen molar-refractivity contribution in [3.63, 3.8) is 0 Å². The Morgan fingerprint density at radius 3 is 2.44 bits per heavy atom. The second-order valence-electron chi connectivity index (χ2n) is 8.18. The molecular weight excluding hydrogens is 411 g/mol. The molecule has 1 atom stereocenters. The van der Waals surface area contributed by atoms with Crippen molar-refractivity contribution in [1.82, 2.24) is 9.80 Å². The number of benzene rings is 2. The fraction of sp³-hybridized carbons (Fsp3) is 0.360. The number of hydrogen-bond acceptors (Lipinski definition) is 5. The Morgan fingerprint density at radius 1 is 1.16 bits per heavy atom. The third kappa shape index (κ3) is 4.83. The first kappa shape index (κ1) is 23.5. The van der Waals surface area contributed by atoms with Gasteiger partial charge in [0.1, 0.15) is 17.3 Å². The molecule has 1 saturated heterocycles. The summed E-state index contributed by atoms with van der Waals surface area (Å²) in [6, 6.07) is 9.99. The molecule has 32 heavy (non-hydrogen) atoms. The van der Waals surface area contributed by atoms with Crippen LogP contribution in [0.2, 0.25) is 0 Å². The summed E-state index contributed by atoms with van der Waals surface area (Å²) in [5, 5.41) is 11.1. The van der Waals surface area contributed by atoms with Gasteiger partial charge in [-0.2, -0.15) is 0 Å². The highest BCUT2D eigenvalue weighted by Gasteiger charge is 2.45. The molecule has 3 rings (SSSR count). The van der Waals surface area contributed by atoms with Gasteiger partial charge >= 0.3 is 0 Å². The molecule has 0 saturated carbocycles. The maximum Gasteiger partial charge on any atom is 0.295 e. The number of nitrogens with zero attached hydrogens (tertiary/aromatic N) is 2. The summed E-state index contributed by atoms with van der Waals surface area (Å²) in [7, 11) is 3.74. The van der Waals surface area contributed by atoms with Gasteiger partial charge in [-0.1, -0.05) is 19.1 Å². The van der Waals surface area contributed by atoms with Crippen molar-refractivity contribution in [2.24, 2.45) is 0 Å². The Bertz CT molecular complexity index is 1030. The first-order chi connectivity index (χ1) is 15.2. The molecule has 1 N–H and O–H groups in total. The van der Waals surface area contributed by atoms with E-state index in [4.69, 9.17) is 4.74 Å². The van der Waals surface area contributed by atoms with Gasteiger partial charge in [0, 0.05) is 18.7 Å². The molecule has 2 aromatic carbocycles. The molecule has 0 aromatic heterocycles. The molecule has 2 aromatic rings. The van der Waals surface area contributed by atoms with Crippen molar-refractivity contribution >= 4 is 17.4 Å². The molecule has 1 fully saturated rings. The van der Waals surface area contributed by atoms with Crippen LogP contribution >= 0.6 is 0 Å². The van der Waals surface area contributed by atoms with Gasteiger partial charge in [-0.25, -0.2) is 4.39 Å². The van der Waals surface area contributed by atoms with Gasteiger partial charge in [-0.3, -0.25) is 9.59 Å².